The van der Waals surface area contributed by atoms with Crippen molar-refractivity contribution in [2.75, 3.05) is 11.9 Å². The topological polar surface area (TPSA) is 46.3 Å². The van der Waals surface area contributed by atoms with Gasteiger partial charge in [-0.25, -0.2) is 13.6 Å². The zero-order valence-electron chi connectivity index (χ0n) is 9.24. The Morgan fingerprint density at radius 2 is 1.83 bits per heavy atom. The molecule has 1 aromatic rings. The molecule has 0 saturated carbocycles. The van der Waals surface area contributed by atoms with E-state index in [-0.39, 0.29) is 16.7 Å². The predicted octanol–water partition coefficient (Wildman–Crippen LogP) is 3.15. The van der Waals surface area contributed by atoms with E-state index in [0.29, 0.717) is 5.69 Å². The molecule has 0 spiro atoms. The van der Waals surface area contributed by atoms with Gasteiger partial charge < -0.3 is 5.73 Å². The van der Waals surface area contributed by atoms with E-state index in [0.717, 1.165) is 4.90 Å². The summed E-state index contributed by atoms with van der Waals surface area (Å²) in [4.78, 5) is 11.9. The highest BCUT2D eigenvalue weighted by Crippen LogP contribution is 2.40. The SMILES string of the molecule is CN(C(N)=O)c1ccc(SC(F)(F)C(F)F)cc1. The molecule has 1 aromatic carbocycles. The van der Waals surface area contributed by atoms with Gasteiger partial charge in [-0.3, -0.25) is 4.90 Å². The lowest BCUT2D eigenvalue weighted by Gasteiger charge is -2.16. The van der Waals surface area contributed by atoms with Crippen molar-refractivity contribution in [2.24, 2.45) is 5.73 Å². The minimum absolute atomic E-state index is 0.0260. The van der Waals surface area contributed by atoms with Crippen molar-refractivity contribution in [3.8, 4) is 0 Å². The van der Waals surface area contributed by atoms with Gasteiger partial charge in [-0.2, -0.15) is 8.78 Å². The van der Waals surface area contributed by atoms with E-state index >= 15 is 0 Å². The highest BCUT2D eigenvalue weighted by atomic mass is 32.2. The molecule has 8 heteroatoms. The van der Waals surface area contributed by atoms with Crippen LogP contribution in [0.2, 0.25) is 0 Å². The molecule has 0 unspecified atom stereocenters. The number of carbonyl (C=O) groups excluding carboxylic acids is 1. The highest BCUT2D eigenvalue weighted by molar-refractivity contribution is 8.00. The van der Waals surface area contributed by atoms with Crippen LogP contribution in [-0.2, 0) is 0 Å². The number of thioether (sulfide) groups is 1. The van der Waals surface area contributed by atoms with E-state index in [1.54, 1.807) is 0 Å². The number of benzene rings is 1. The zero-order chi connectivity index (χ0) is 13.9. The van der Waals surface area contributed by atoms with Crippen molar-refractivity contribution in [3.05, 3.63) is 24.3 Å². The molecule has 0 fully saturated rings. The van der Waals surface area contributed by atoms with Crippen LogP contribution in [0.25, 0.3) is 0 Å². The standard InChI is InChI=1S/C10H10F4N2OS/c1-16(9(15)17)6-2-4-7(5-3-6)18-10(13,14)8(11)12/h2-5,8H,1H3,(H2,15,17). The number of rotatable bonds is 4. The molecule has 18 heavy (non-hydrogen) atoms. The van der Waals surface area contributed by atoms with Crippen molar-refractivity contribution < 1.29 is 22.4 Å². The van der Waals surface area contributed by atoms with Crippen LogP contribution in [-0.4, -0.2) is 24.8 Å². The van der Waals surface area contributed by atoms with Gasteiger partial charge in [-0.15, -0.1) is 0 Å². The molecule has 0 saturated heterocycles. The molecular formula is C10H10F4N2OS. The van der Waals surface area contributed by atoms with Crippen LogP contribution in [0.1, 0.15) is 0 Å². The maximum Gasteiger partial charge on any atom is 0.357 e. The average molecular weight is 282 g/mol. The first-order chi connectivity index (χ1) is 8.24. The second-order valence-electron chi connectivity index (χ2n) is 3.36. The molecule has 0 atom stereocenters. The van der Waals surface area contributed by atoms with Gasteiger partial charge in [-0.05, 0) is 36.0 Å². The van der Waals surface area contributed by atoms with Crippen LogP contribution in [0, 0.1) is 0 Å². The summed E-state index contributed by atoms with van der Waals surface area (Å²) in [6.45, 7) is 0. The van der Waals surface area contributed by atoms with E-state index in [4.69, 9.17) is 5.73 Å². The first-order valence-corrected chi connectivity index (χ1v) is 5.54. The number of primary amides is 1. The van der Waals surface area contributed by atoms with Crippen LogP contribution < -0.4 is 10.6 Å². The van der Waals surface area contributed by atoms with Gasteiger partial charge >= 0.3 is 17.7 Å². The van der Waals surface area contributed by atoms with Crippen molar-refractivity contribution in [1.82, 2.24) is 0 Å². The minimum atomic E-state index is -4.14. The Bertz CT molecular complexity index is 424. The normalized spacial score (nSPS) is 11.7. The number of nitrogens with two attached hydrogens (primary N) is 1. The van der Waals surface area contributed by atoms with E-state index < -0.39 is 17.7 Å². The van der Waals surface area contributed by atoms with Gasteiger partial charge in [0.05, 0.1) is 0 Å². The Morgan fingerprint density at radius 3 is 2.22 bits per heavy atom. The van der Waals surface area contributed by atoms with Crippen molar-refractivity contribution in [3.63, 3.8) is 0 Å². The summed E-state index contributed by atoms with van der Waals surface area (Å²) in [5.74, 6) is 0. The van der Waals surface area contributed by atoms with Gasteiger partial charge in [0.1, 0.15) is 0 Å². The number of hydrogen-bond acceptors (Lipinski definition) is 2. The zero-order valence-corrected chi connectivity index (χ0v) is 10.1. The smallest absolute Gasteiger partial charge is 0.351 e. The number of urea groups is 1. The molecule has 0 radical (unpaired) electrons. The largest absolute Gasteiger partial charge is 0.357 e. The molecule has 0 aliphatic carbocycles. The summed E-state index contributed by atoms with van der Waals surface area (Å²) in [7, 11) is 1.40. The minimum Gasteiger partial charge on any atom is -0.351 e. The Balaban J connectivity index is 2.81. The quantitative estimate of drug-likeness (QED) is 0.681. The van der Waals surface area contributed by atoms with E-state index in [1.165, 1.54) is 31.3 Å². The molecule has 0 aliphatic heterocycles. The van der Waals surface area contributed by atoms with Crippen LogP contribution in [0.15, 0.2) is 29.2 Å². The lowest BCUT2D eigenvalue weighted by Crippen LogP contribution is -2.31. The molecule has 100 valence electrons. The molecule has 0 heterocycles. The van der Waals surface area contributed by atoms with Crippen LogP contribution >= 0.6 is 11.8 Å². The lowest BCUT2D eigenvalue weighted by atomic mass is 10.3. The van der Waals surface area contributed by atoms with E-state index in [9.17, 15) is 22.4 Å². The van der Waals surface area contributed by atoms with Gasteiger partial charge in [0.2, 0.25) is 0 Å². The summed E-state index contributed by atoms with van der Waals surface area (Å²) < 4.78 is 49.4. The van der Waals surface area contributed by atoms with Gasteiger partial charge in [0, 0.05) is 17.6 Å². The number of alkyl halides is 4. The molecule has 2 amide bonds. The van der Waals surface area contributed by atoms with Crippen LogP contribution in [0.4, 0.5) is 28.0 Å². The van der Waals surface area contributed by atoms with Crippen LogP contribution in [0.3, 0.4) is 0 Å². The summed E-state index contributed by atoms with van der Waals surface area (Å²) >= 11 is -0.235. The van der Waals surface area contributed by atoms with E-state index in [2.05, 4.69) is 0 Å². The van der Waals surface area contributed by atoms with Crippen molar-refractivity contribution in [1.29, 1.82) is 0 Å². The number of nitrogens with zero attached hydrogens (tertiary/aromatic N) is 1. The fourth-order valence-corrected chi connectivity index (χ4v) is 1.74. The monoisotopic (exact) mass is 282 g/mol. The first kappa shape index (κ1) is 14.6. The van der Waals surface area contributed by atoms with Gasteiger partial charge in [-0.1, -0.05) is 0 Å². The molecule has 0 bridgehead atoms. The maximum absolute atomic E-state index is 12.7. The third kappa shape index (κ3) is 3.52. The third-order valence-electron chi connectivity index (χ3n) is 2.06. The Labute approximate surface area is 105 Å². The third-order valence-corrected chi connectivity index (χ3v) is 3.02. The number of halogens is 4. The highest BCUT2D eigenvalue weighted by Gasteiger charge is 2.41. The summed E-state index contributed by atoms with van der Waals surface area (Å²) in [6.07, 6.45) is -3.74. The molecule has 0 aromatic heterocycles. The first-order valence-electron chi connectivity index (χ1n) is 4.72. The summed E-state index contributed by atoms with van der Waals surface area (Å²) in [5, 5.41) is -4.14. The molecule has 0 aliphatic rings. The summed E-state index contributed by atoms with van der Waals surface area (Å²) in [5.41, 5.74) is 5.39. The van der Waals surface area contributed by atoms with Gasteiger partial charge in [0.15, 0.2) is 0 Å². The molecule has 3 nitrogen and oxygen atoms in total. The Morgan fingerprint density at radius 1 is 1.33 bits per heavy atom. The Kier molecular flexibility index (Phi) is 4.44. The second kappa shape index (κ2) is 5.47. The summed E-state index contributed by atoms with van der Waals surface area (Å²) in [6, 6.07) is 4.41. The number of hydrogen-bond donors (Lipinski definition) is 1. The van der Waals surface area contributed by atoms with Gasteiger partial charge in [0.25, 0.3) is 0 Å². The molecule has 1 rings (SSSR count). The maximum atomic E-state index is 12.7. The average Bonchev–Trinajstić information content (AvgIpc) is 2.28. The number of amides is 2. The lowest BCUT2D eigenvalue weighted by molar-refractivity contribution is -0.0563. The van der Waals surface area contributed by atoms with E-state index in [1.807, 2.05) is 0 Å². The number of anilines is 1. The van der Waals surface area contributed by atoms with Crippen molar-refractivity contribution in [2.45, 2.75) is 16.6 Å². The molecule has 2 N–H and O–H groups in total. The molecular weight excluding hydrogens is 272 g/mol. The number of carbonyl (C=O) groups is 1. The fraction of sp³-hybridized carbons (Fsp3) is 0.300. The fourth-order valence-electron chi connectivity index (χ4n) is 1.07. The van der Waals surface area contributed by atoms with Crippen molar-refractivity contribution >= 4 is 23.5 Å². The predicted molar refractivity (Wildman–Crippen MR) is 61.2 cm³/mol. The van der Waals surface area contributed by atoms with Crippen LogP contribution in [0.5, 0.6) is 0 Å². The Hall–Kier alpha value is -1.44. The second-order valence-corrected chi connectivity index (χ2v) is 4.58.